The zero-order valence-corrected chi connectivity index (χ0v) is 23.7. The van der Waals surface area contributed by atoms with Crippen molar-refractivity contribution in [2.45, 2.75) is 12.5 Å². The Kier molecular flexibility index (Phi) is 6.45. The first-order valence-electron chi connectivity index (χ1n) is 14.0. The molecule has 7 rings (SSSR count). The lowest BCUT2D eigenvalue weighted by Gasteiger charge is -2.36. The number of halogens is 1. The second-order valence-corrected chi connectivity index (χ2v) is 11.1. The van der Waals surface area contributed by atoms with Gasteiger partial charge in [-0.15, -0.1) is 0 Å². The zero-order chi connectivity index (χ0) is 29.8. The van der Waals surface area contributed by atoms with Gasteiger partial charge in [0.1, 0.15) is 22.8 Å². The third-order valence-corrected chi connectivity index (χ3v) is 8.24. The van der Waals surface area contributed by atoms with E-state index >= 15 is 4.39 Å². The van der Waals surface area contributed by atoms with Crippen molar-refractivity contribution in [3.05, 3.63) is 123 Å². The monoisotopic (exact) mass is 576 g/mol. The predicted octanol–water partition coefficient (Wildman–Crippen LogP) is 4.41. The number of hydrogen-bond acceptors (Lipinski definition) is 6. The molecule has 0 aliphatic carbocycles. The summed E-state index contributed by atoms with van der Waals surface area (Å²) >= 11 is 0. The smallest absolute Gasteiger partial charge is 0.279 e. The van der Waals surface area contributed by atoms with Gasteiger partial charge in [0.05, 0.1) is 17.8 Å². The van der Waals surface area contributed by atoms with Gasteiger partial charge in [-0.05, 0) is 54.6 Å². The molecule has 0 spiro atoms. The van der Waals surface area contributed by atoms with Gasteiger partial charge in [-0.2, -0.15) is 0 Å². The second kappa shape index (κ2) is 10.3. The molecule has 6 aromatic rings. The van der Waals surface area contributed by atoms with Crippen LogP contribution in [0.2, 0.25) is 0 Å². The van der Waals surface area contributed by atoms with Crippen molar-refractivity contribution in [1.29, 1.82) is 0 Å². The summed E-state index contributed by atoms with van der Waals surface area (Å²) in [6.45, 7) is 1.51. The van der Waals surface area contributed by atoms with Gasteiger partial charge in [0, 0.05) is 67.4 Å². The standard InChI is InChI=1S/C33H29FN6O3/c1-37-16-23(17-37)21-7-8-31(35-15-21)36-27-11-22(18-38(2)32(27)42)25-13-24(34)14-29(26(25)19-41)40-10-9-39-28-6-4-3-5-20(28)12-30(39)33(40)43/h3-15,18,23,41H,16-17,19H2,1-2H3,(H,35,36). The number of aliphatic hydroxyl groups is 1. The van der Waals surface area contributed by atoms with Gasteiger partial charge in [-0.25, -0.2) is 9.37 Å². The Hall–Kier alpha value is -5.06. The average Bonchev–Trinajstić information content (AvgIpc) is 3.38. The third kappa shape index (κ3) is 4.61. The van der Waals surface area contributed by atoms with Gasteiger partial charge in [0.25, 0.3) is 11.1 Å². The zero-order valence-electron chi connectivity index (χ0n) is 23.7. The van der Waals surface area contributed by atoms with Crippen molar-refractivity contribution in [3.8, 4) is 16.8 Å². The topological polar surface area (TPSA) is 96.8 Å². The number of anilines is 2. The van der Waals surface area contributed by atoms with Crippen molar-refractivity contribution in [2.75, 3.05) is 25.5 Å². The third-order valence-electron chi connectivity index (χ3n) is 8.24. The molecule has 2 N–H and O–H groups in total. The molecular formula is C33H29FN6O3. The van der Waals surface area contributed by atoms with Crippen molar-refractivity contribution >= 4 is 27.9 Å². The van der Waals surface area contributed by atoms with E-state index in [1.54, 1.807) is 42.2 Å². The van der Waals surface area contributed by atoms with Crippen LogP contribution in [-0.2, 0) is 13.7 Å². The van der Waals surface area contributed by atoms with Crippen LogP contribution in [0.3, 0.4) is 0 Å². The molecule has 4 aromatic heterocycles. The number of aromatic nitrogens is 4. The minimum absolute atomic E-state index is 0.220. The van der Waals surface area contributed by atoms with Crippen molar-refractivity contribution in [3.63, 3.8) is 0 Å². The Labute approximate surface area is 245 Å². The second-order valence-electron chi connectivity index (χ2n) is 11.1. The van der Waals surface area contributed by atoms with Crippen LogP contribution < -0.4 is 16.4 Å². The van der Waals surface area contributed by atoms with Crippen LogP contribution >= 0.6 is 0 Å². The van der Waals surface area contributed by atoms with Gasteiger partial charge in [-0.3, -0.25) is 14.2 Å². The number of benzene rings is 2. The number of likely N-dealkylation sites (tertiary alicyclic amines) is 1. The summed E-state index contributed by atoms with van der Waals surface area (Å²) < 4.78 is 19.8. The number of rotatable bonds is 6. The minimum Gasteiger partial charge on any atom is -0.392 e. The number of aliphatic hydroxyl groups excluding tert-OH is 1. The minimum atomic E-state index is -0.586. The van der Waals surface area contributed by atoms with Gasteiger partial charge < -0.3 is 24.3 Å². The molecule has 43 heavy (non-hydrogen) atoms. The molecule has 1 saturated heterocycles. The largest absolute Gasteiger partial charge is 0.392 e. The predicted molar refractivity (Wildman–Crippen MR) is 165 cm³/mol. The first kappa shape index (κ1) is 26.8. The SMILES string of the molecule is CN1CC(c2ccc(Nc3cc(-c4cc(F)cc(-n5ccn6c(cc7ccccc76)c5=O)c4CO)cn(C)c3=O)nc2)C1. The maximum atomic E-state index is 15.2. The van der Waals surface area contributed by atoms with E-state index in [9.17, 15) is 14.7 Å². The fourth-order valence-corrected chi connectivity index (χ4v) is 5.99. The number of aryl methyl sites for hydroxylation is 1. The van der Waals surface area contributed by atoms with E-state index in [1.807, 2.05) is 42.6 Å². The van der Waals surface area contributed by atoms with E-state index < -0.39 is 12.4 Å². The Morgan fingerprint density at radius 1 is 0.977 bits per heavy atom. The molecule has 10 heteroatoms. The van der Waals surface area contributed by atoms with Crippen molar-refractivity contribution in [2.24, 2.45) is 7.05 Å². The molecule has 1 fully saturated rings. The number of likely N-dealkylation sites (N-methyl/N-ethyl adjacent to an activating group) is 1. The fourth-order valence-electron chi connectivity index (χ4n) is 5.99. The molecule has 0 radical (unpaired) electrons. The maximum absolute atomic E-state index is 15.2. The lowest BCUT2D eigenvalue weighted by Crippen LogP contribution is -2.41. The molecular weight excluding hydrogens is 547 g/mol. The Morgan fingerprint density at radius 2 is 1.79 bits per heavy atom. The van der Waals surface area contributed by atoms with Gasteiger partial charge >= 0.3 is 0 Å². The maximum Gasteiger partial charge on any atom is 0.279 e. The number of fused-ring (bicyclic) bond motifs is 3. The van der Waals surface area contributed by atoms with E-state index in [-0.39, 0.29) is 22.5 Å². The number of nitrogens with zero attached hydrogens (tertiary/aromatic N) is 5. The number of pyridine rings is 2. The first-order valence-corrected chi connectivity index (χ1v) is 14.0. The number of para-hydroxylation sites is 1. The van der Waals surface area contributed by atoms with E-state index in [0.29, 0.717) is 33.9 Å². The summed E-state index contributed by atoms with van der Waals surface area (Å²) in [5.41, 5.74) is 3.48. The highest BCUT2D eigenvalue weighted by molar-refractivity contribution is 5.87. The van der Waals surface area contributed by atoms with Gasteiger partial charge in [0.2, 0.25) is 0 Å². The van der Waals surface area contributed by atoms with Crippen LogP contribution in [0.25, 0.3) is 33.2 Å². The summed E-state index contributed by atoms with van der Waals surface area (Å²) in [5.74, 6) is 0.371. The van der Waals surface area contributed by atoms with Gasteiger partial charge in [-0.1, -0.05) is 24.3 Å². The van der Waals surface area contributed by atoms with E-state index in [4.69, 9.17) is 0 Å². The molecule has 9 nitrogen and oxygen atoms in total. The molecule has 2 aromatic carbocycles. The van der Waals surface area contributed by atoms with Crippen molar-refractivity contribution in [1.82, 2.24) is 23.4 Å². The normalized spacial score (nSPS) is 14.0. The lowest BCUT2D eigenvalue weighted by atomic mass is 9.93. The van der Waals surface area contributed by atoms with E-state index in [2.05, 4.69) is 22.2 Å². The van der Waals surface area contributed by atoms with Crippen LogP contribution in [0.1, 0.15) is 17.0 Å². The highest BCUT2D eigenvalue weighted by atomic mass is 19.1. The lowest BCUT2D eigenvalue weighted by molar-refractivity contribution is 0.189. The molecule has 0 unspecified atom stereocenters. The molecule has 0 bridgehead atoms. The Bertz CT molecular complexity index is 2140. The molecule has 216 valence electrons. The fraction of sp³-hybridized carbons (Fsp3) is 0.182. The van der Waals surface area contributed by atoms with Gasteiger partial charge in [0.15, 0.2) is 0 Å². The number of nitrogens with one attached hydrogen (secondary N) is 1. The highest BCUT2D eigenvalue weighted by Crippen LogP contribution is 2.32. The highest BCUT2D eigenvalue weighted by Gasteiger charge is 2.25. The van der Waals surface area contributed by atoms with Crippen LogP contribution in [-0.4, -0.2) is 48.7 Å². The number of hydrogen-bond donors (Lipinski definition) is 2. The summed E-state index contributed by atoms with van der Waals surface area (Å²) in [6.07, 6.45) is 6.73. The molecule has 5 heterocycles. The molecule has 0 saturated carbocycles. The summed E-state index contributed by atoms with van der Waals surface area (Å²) in [4.78, 5) is 33.5. The average molecular weight is 577 g/mol. The first-order chi connectivity index (χ1) is 20.8. The summed E-state index contributed by atoms with van der Waals surface area (Å²) in [6, 6.07) is 17.4. The Balaban J connectivity index is 1.30. The van der Waals surface area contributed by atoms with Crippen LogP contribution in [0.5, 0.6) is 0 Å². The summed E-state index contributed by atoms with van der Waals surface area (Å²) in [5, 5.41) is 14.5. The molecule has 0 amide bonds. The molecule has 1 aliphatic rings. The van der Waals surface area contributed by atoms with E-state index in [1.165, 1.54) is 21.3 Å². The molecule has 0 atom stereocenters. The van der Waals surface area contributed by atoms with E-state index in [0.717, 1.165) is 29.6 Å². The van der Waals surface area contributed by atoms with Crippen molar-refractivity contribution < 1.29 is 9.50 Å². The Morgan fingerprint density at radius 3 is 2.53 bits per heavy atom. The van der Waals surface area contributed by atoms with Crippen LogP contribution in [0, 0.1) is 5.82 Å². The quantitative estimate of drug-likeness (QED) is 0.305. The molecule has 1 aliphatic heterocycles. The van der Waals surface area contributed by atoms with Crippen LogP contribution in [0.4, 0.5) is 15.9 Å². The summed E-state index contributed by atoms with van der Waals surface area (Å²) in [7, 11) is 3.68. The van der Waals surface area contributed by atoms with Crippen LogP contribution in [0.15, 0.2) is 95.0 Å².